The summed E-state index contributed by atoms with van der Waals surface area (Å²) in [5.41, 5.74) is 0.373. The molecular formula is C38H45F2N4O5+. The number of quaternary nitrogens is 1. The van der Waals surface area contributed by atoms with Crippen molar-refractivity contribution in [2.45, 2.75) is 32.1 Å². The van der Waals surface area contributed by atoms with Gasteiger partial charge in [0.2, 0.25) is 5.43 Å². The van der Waals surface area contributed by atoms with Gasteiger partial charge in [0.15, 0.2) is 0 Å². The monoisotopic (exact) mass is 675 g/mol. The third-order valence-electron chi connectivity index (χ3n) is 10.1. The molecule has 0 aliphatic carbocycles. The first-order valence-corrected chi connectivity index (χ1v) is 17.1. The van der Waals surface area contributed by atoms with E-state index >= 15 is 0 Å². The predicted molar refractivity (Wildman–Crippen MR) is 186 cm³/mol. The maximum Gasteiger partial charge on any atom is 0.263 e. The van der Waals surface area contributed by atoms with Crippen LogP contribution in [0.2, 0.25) is 0 Å². The zero-order valence-electron chi connectivity index (χ0n) is 28.6. The number of pyridine rings is 1. The van der Waals surface area contributed by atoms with E-state index < -0.39 is 23.0 Å². The predicted octanol–water partition coefficient (Wildman–Crippen LogP) is 6.04. The number of ether oxygens (including phenoxy) is 3. The van der Waals surface area contributed by atoms with Crippen LogP contribution >= 0.6 is 0 Å². The van der Waals surface area contributed by atoms with E-state index in [1.165, 1.54) is 97.0 Å². The van der Waals surface area contributed by atoms with Crippen LogP contribution in [0.3, 0.4) is 0 Å². The Balaban J connectivity index is 1.19. The highest BCUT2D eigenvalue weighted by Crippen LogP contribution is 2.30. The number of halogens is 2. The molecule has 3 fully saturated rings. The summed E-state index contributed by atoms with van der Waals surface area (Å²) in [6.45, 7) is 9.54. The number of benzene rings is 3. The molecule has 4 heterocycles. The summed E-state index contributed by atoms with van der Waals surface area (Å²) in [6, 6.07) is 13.2. The lowest BCUT2D eigenvalue weighted by Gasteiger charge is -2.50. The molecule has 3 aliphatic heterocycles. The Morgan fingerprint density at radius 1 is 0.816 bits per heavy atom. The first-order valence-electron chi connectivity index (χ1n) is 17.1. The molecule has 7 rings (SSSR count). The maximum absolute atomic E-state index is 14.0. The Hall–Kier alpha value is -4.48. The zero-order chi connectivity index (χ0) is 34.5. The smallest absolute Gasteiger partial charge is 0.263 e. The summed E-state index contributed by atoms with van der Waals surface area (Å²) < 4.78 is 48.1. The Morgan fingerprint density at radius 3 is 2.10 bits per heavy atom. The molecule has 0 atom stereocenters. The lowest BCUT2D eigenvalue weighted by molar-refractivity contribution is -0.941. The van der Waals surface area contributed by atoms with Crippen LogP contribution in [0.25, 0.3) is 16.6 Å². The quantitative estimate of drug-likeness (QED) is 0.120. The fourth-order valence-corrected chi connectivity index (χ4v) is 7.06. The number of nitrogens with zero attached hydrogens (tertiary/aromatic N) is 4. The molecule has 49 heavy (non-hydrogen) atoms. The minimum atomic E-state index is -0.833. The van der Waals surface area contributed by atoms with Gasteiger partial charge in [0, 0.05) is 74.3 Å². The van der Waals surface area contributed by atoms with Gasteiger partial charge in [0.1, 0.15) is 34.4 Å². The number of amides is 1. The van der Waals surface area contributed by atoms with Gasteiger partial charge in [-0.3, -0.25) is 14.5 Å². The average molecular weight is 676 g/mol. The molecule has 0 radical (unpaired) electrons. The molecule has 3 aromatic carbocycles. The Labute approximate surface area is 285 Å². The van der Waals surface area contributed by atoms with Crippen LogP contribution in [0.15, 0.2) is 65.6 Å². The summed E-state index contributed by atoms with van der Waals surface area (Å²) in [7, 11) is 4.44. The molecule has 2 bridgehead atoms. The van der Waals surface area contributed by atoms with Gasteiger partial charge >= 0.3 is 0 Å². The maximum atomic E-state index is 14.0. The minimum Gasteiger partial charge on any atom is -0.497 e. The van der Waals surface area contributed by atoms with E-state index in [0.717, 1.165) is 35.9 Å². The lowest BCUT2D eigenvalue weighted by atomic mass is 10.1. The number of piperazine rings is 3. The number of rotatable bonds is 14. The number of anilines is 1. The van der Waals surface area contributed by atoms with E-state index in [4.69, 9.17) is 14.2 Å². The van der Waals surface area contributed by atoms with Gasteiger partial charge in [0.25, 0.3) is 5.91 Å². The number of hydrogen-bond donors (Lipinski definition) is 0. The molecular weight excluding hydrogens is 630 g/mol. The molecule has 0 unspecified atom stereocenters. The molecule has 11 heteroatoms. The number of aromatic nitrogens is 1. The topological polar surface area (TPSA) is 73.2 Å². The van der Waals surface area contributed by atoms with Gasteiger partial charge in [-0.1, -0.05) is 12.8 Å². The first-order chi connectivity index (χ1) is 23.7. The Bertz CT molecular complexity index is 1820. The van der Waals surface area contributed by atoms with Crippen LogP contribution in [-0.2, 0) is 0 Å². The molecule has 4 aromatic rings. The molecule has 0 N–H and O–H groups in total. The summed E-state index contributed by atoms with van der Waals surface area (Å²) in [5.74, 6) is -0.764. The molecule has 0 saturated carbocycles. The van der Waals surface area contributed by atoms with E-state index in [-0.39, 0.29) is 16.6 Å². The van der Waals surface area contributed by atoms with Crippen molar-refractivity contribution < 1.29 is 32.3 Å². The van der Waals surface area contributed by atoms with Crippen LogP contribution in [0.1, 0.15) is 42.5 Å². The molecule has 9 nitrogen and oxygen atoms in total. The fourth-order valence-electron chi connectivity index (χ4n) is 7.06. The third kappa shape index (κ3) is 7.73. The molecule has 3 saturated heterocycles. The summed E-state index contributed by atoms with van der Waals surface area (Å²) >= 11 is 0. The van der Waals surface area contributed by atoms with Gasteiger partial charge in [-0.25, -0.2) is 8.78 Å². The van der Waals surface area contributed by atoms with Crippen LogP contribution in [-0.4, -0.2) is 93.5 Å². The van der Waals surface area contributed by atoms with Crippen molar-refractivity contribution in [3.8, 4) is 22.9 Å². The first kappa shape index (κ1) is 34.4. The normalized spacial score (nSPS) is 18.4. The Kier molecular flexibility index (Phi) is 10.5. The van der Waals surface area contributed by atoms with Crippen molar-refractivity contribution in [3.63, 3.8) is 0 Å². The van der Waals surface area contributed by atoms with E-state index in [1.54, 1.807) is 41.0 Å². The fraction of sp³-hybridized carbons (Fsp3) is 0.421. The van der Waals surface area contributed by atoms with Gasteiger partial charge in [-0.2, -0.15) is 0 Å². The van der Waals surface area contributed by atoms with Gasteiger partial charge in [-0.15, -0.1) is 0 Å². The van der Waals surface area contributed by atoms with Crippen LogP contribution in [0.5, 0.6) is 17.2 Å². The second kappa shape index (κ2) is 15.0. The summed E-state index contributed by atoms with van der Waals surface area (Å²) in [5, 5.41) is 0.278. The molecule has 260 valence electrons. The zero-order valence-corrected chi connectivity index (χ0v) is 28.6. The molecule has 1 amide bonds. The van der Waals surface area contributed by atoms with E-state index in [9.17, 15) is 18.4 Å². The van der Waals surface area contributed by atoms with Crippen LogP contribution < -0.4 is 24.5 Å². The van der Waals surface area contributed by atoms with E-state index in [1.807, 2.05) is 0 Å². The molecule has 3 aliphatic rings. The van der Waals surface area contributed by atoms with Crippen LogP contribution in [0, 0.1) is 11.6 Å². The SMILES string of the molecule is COc1cc(OC)cc(-n2cc(C(=O)N(C)c3cc(F)cc(F)c3)c(=O)c3ccc(OCCCCCCC[N+]45CCN(CC4)CC5)cc32)c1. The number of carbonyl (C=O) groups is 1. The number of hydrogen-bond acceptors (Lipinski definition) is 6. The minimum absolute atomic E-state index is 0.0197. The van der Waals surface area contributed by atoms with Gasteiger partial charge in [0.05, 0.1) is 58.2 Å². The number of methoxy groups -OCH3 is 2. The highest BCUT2D eigenvalue weighted by atomic mass is 19.1. The van der Waals surface area contributed by atoms with Crippen molar-refractivity contribution in [3.05, 3.63) is 88.2 Å². The summed E-state index contributed by atoms with van der Waals surface area (Å²) in [6.07, 6.45) is 7.14. The van der Waals surface area contributed by atoms with Gasteiger partial charge < -0.3 is 28.2 Å². The number of carbonyl (C=O) groups excluding carboxylic acids is 1. The van der Waals surface area contributed by atoms with E-state index in [2.05, 4.69) is 4.90 Å². The van der Waals surface area contributed by atoms with E-state index in [0.29, 0.717) is 35.1 Å². The van der Waals surface area contributed by atoms with Crippen molar-refractivity contribution in [2.24, 2.45) is 0 Å². The molecule has 1 aromatic heterocycles. The largest absolute Gasteiger partial charge is 0.497 e. The second-order valence-corrected chi connectivity index (χ2v) is 13.2. The Morgan fingerprint density at radius 2 is 1.45 bits per heavy atom. The number of fused-ring (bicyclic) bond motifs is 4. The average Bonchev–Trinajstić information content (AvgIpc) is 3.12. The standard InChI is InChI=1S/C38H45F2N4O5/c1-41(29-20-27(39)19-28(40)21-29)38(46)35-26-43(30-22-32(47-2)24-33(23-30)48-3)36-25-31(9-10-34(36)37(35)45)49-18-8-6-4-5-7-14-44-15-11-42(12-16-44)13-17-44/h9-10,19-26H,4-8,11-18H2,1-3H3/q+1. The van der Waals surface area contributed by atoms with Crippen molar-refractivity contribution in [1.82, 2.24) is 9.47 Å². The highest BCUT2D eigenvalue weighted by Gasteiger charge is 2.37. The van der Waals surface area contributed by atoms with Crippen molar-refractivity contribution in [2.75, 3.05) is 78.6 Å². The summed E-state index contributed by atoms with van der Waals surface area (Å²) in [4.78, 5) is 31.1. The van der Waals surface area contributed by atoms with Crippen molar-refractivity contribution in [1.29, 1.82) is 0 Å². The lowest BCUT2D eigenvalue weighted by Crippen LogP contribution is -2.67. The van der Waals surface area contributed by atoms with Gasteiger partial charge in [-0.05, 0) is 43.5 Å². The number of unbranched alkanes of at least 4 members (excludes halogenated alkanes) is 4. The van der Waals surface area contributed by atoms with Crippen molar-refractivity contribution >= 4 is 22.5 Å². The van der Waals surface area contributed by atoms with Crippen LogP contribution in [0.4, 0.5) is 14.5 Å². The third-order valence-corrected chi connectivity index (χ3v) is 10.1. The second-order valence-electron chi connectivity index (χ2n) is 13.2. The highest BCUT2D eigenvalue weighted by molar-refractivity contribution is 6.07. The molecule has 0 spiro atoms.